The Bertz CT molecular complexity index is 408. The minimum Gasteiger partial charge on any atom is -0.378 e. The summed E-state index contributed by atoms with van der Waals surface area (Å²) < 4.78 is 11.3. The summed E-state index contributed by atoms with van der Waals surface area (Å²) in [6.45, 7) is 6.18. The van der Waals surface area contributed by atoms with Gasteiger partial charge in [0, 0.05) is 12.2 Å². The number of hydrogen-bond donors (Lipinski definition) is 1. The van der Waals surface area contributed by atoms with Gasteiger partial charge >= 0.3 is 0 Å². The molecule has 4 heteroatoms. The molecule has 0 amide bonds. The molecule has 1 aliphatic heterocycles. The highest BCUT2D eigenvalue weighted by Gasteiger charge is 2.28. The summed E-state index contributed by atoms with van der Waals surface area (Å²) in [6, 6.07) is 8.69. The first-order valence-electron chi connectivity index (χ1n) is 6.73. The van der Waals surface area contributed by atoms with Gasteiger partial charge in [0.1, 0.15) is 0 Å². The van der Waals surface area contributed by atoms with Crippen molar-refractivity contribution in [2.24, 2.45) is 0 Å². The van der Waals surface area contributed by atoms with E-state index in [0.717, 1.165) is 12.2 Å². The Balaban J connectivity index is 1.92. The molecular formula is C15H24N2O2. The van der Waals surface area contributed by atoms with Crippen LogP contribution in [0.25, 0.3) is 0 Å². The second-order valence-corrected chi connectivity index (χ2v) is 5.80. The fourth-order valence-electron chi connectivity index (χ4n) is 2.14. The molecule has 0 spiro atoms. The number of anilines is 1. The van der Waals surface area contributed by atoms with Crippen LogP contribution in [0.1, 0.15) is 19.4 Å². The Morgan fingerprint density at radius 1 is 1.26 bits per heavy atom. The van der Waals surface area contributed by atoms with Crippen LogP contribution in [0.5, 0.6) is 0 Å². The molecule has 1 aromatic rings. The highest BCUT2D eigenvalue weighted by molar-refractivity contribution is 5.46. The molecule has 1 aliphatic rings. The van der Waals surface area contributed by atoms with Crippen molar-refractivity contribution in [1.82, 2.24) is 4.90 Å². The lowest BCUT2D eigenvalue weighted by Gasteiger charge is -2.35. The number of benzene rings is 1. The Morgan fingerprint density at radius 2 is 1.95 bits per heavy atom. The monoisotopic (exact) mass is 264 g/mol. The van der Waals surface area contributed by atoms with Gasteiger partial charge in [-0.05, 0) is 45.6 Å². The van der Waals surface area contributed by atoms with Gasteiger partial charge in [-0.3, -0.25) is 0 Å². The van der Waals surface area contributed by atoms with E-state index in [-0.39, 0.29) is 6.04 Å². The van der Waals surface area contributed by atoms with Crippen LogP contribution < -0.4 is 5.32 Å². The summed E-state index contributed by atoms with van der Waals surface area (Å²) >= 11 is 0. The van der Waals surface area contributed by atoms with Crippen molar-refractivity contribution in [1.29, 1.82) is 0 Å². The van der Waals surface area contributed by atoms with Gasteiger partial charge < -0.3 is 19.7 Å². The van der Waals surface area contributed by atoms with E-state index in [2.05, 4.69) is 48.6 Å². The number of rotatable bonds is 4. The predicted molar refractivity (Wildman–Crippen MR) is 77.2 cm³/mol. The normalized spacial score (nSPS) is 19.6. The van der Waals surface area contributed by atoms with Crippen LogP contribution in [-0.2, 0) is 16.0 Å². The molecule has 1 fully saturated rings. The maximum absolute atomic E-state index is 5.65. The van der Waals surface area contributed by atoms with E-state index in [1.54, 1.807) is 0 Å². The van der Waals surface area contributed by atoms with Gasteiger partial charge in [-0.2, -0.15) is 0 Å². The van der Waals surface area contributed by atoms with Crippen molar-refractivity contribution in [2.75, 3.05) is 32.6 Å². The lowest BCUT2D eigenvalue weighted by atomic mass is 10.1. The van der Waals surface area contributed by atoms with Gasteiger partial charge in [0.05, 0.1) is 19.3 Å². The minimum atomic E-state index is -0.453. The Kier molecular flexibility index (Phi) is 4.45. The zero-order valence-corrected chi connectivity index (χ0v) is 12.3. The highest BCUT2D eigenvalue weighted by Crippen LogP contribution is 2.20. The molecule has 2 rings (SSSR count). The zero-order chi connectivity index (χ0) is 13.9. The Labute approximate surface area is 115 Å². The maximum Gasteiger partial charge on any atom is 0.162 e. The van der Waals surface area contributed by atoms with Crippen LogP contribution in [0.4, 0.5) is 5.69 Å². The van der Waals surface area contributed by atoms with Gasteiger partial charge in [-0.15, -0.1) is 0 Å². The number of nitrogens with one attached hydrogen (secondary N) is 1. The third-order valence-corrected chi connectivity index (χ3v) is 3.06. The summed E-state index contributed by atoms with van der Waals surface area (Å²) in [5, 5.41) is 3.46. The second kappa shape index (κ2) is 5.90. The summed E-state index contributed by atoms with van der Waals surface area (Å²) in [6.07, 6.45) is 0. The average Bonchev–Trinajstić information content (AvgIpc) is 2.32. The van der Waals surface area contributed by atoms with E-state index in [9.17, 15) is 0 Å². The van der Waals surface area contributed by atoms with Crippen molar-refractivity contribution >= 4 is 5.69 Å². The maximum atomic E-state index is 5.65. The van der Waals surface area contributed by atoms with Crippen molar-refractivity contribution < 1.29 is 9.47 Å². The highest BCUT2D eigenvalue weighted by atomic mass is 16.7. The van der Waals surface area contributed by atoms with Gasteiger partial charge in [0.25, 0.3) is 0 Å². The molecule has 1 N–H and O–H groups in total. The first-order chi connectivity index (χ1) is 8.94. The van der Waals surface area contributed by atoms with Gasteiger partial charge in [0.2, 0.25) is 0 Å². The van der Waals surface area contributed by atoms with E-state index >= 15 is 0 Å². The quantitative estimate of drug-likeness (QED) is 0.905. The Hall–Kier alpha value is -1.10. The van der Waals surface area contributed by atoms with E-state index in [1.165, 1.54) is 5.56 Å². The number of nitrogens with zero attached hydrogens (tertiary/aromatic N) is 1. The van der Waals surface area contributed by atoms with Crippen LogP contribution in [0.3, 0.4) is 0 Å². The molecule has 1 heterocycles. The molecule has 0 aliphatic carbocycles. The molecular weight excluding hydrogens is 240 g/mol. The van der Waals surface area contributed by atoms with Gasteiger partial charge in [0.15, 0.2) is 5.79 Å². The van der Waals surface area contributed by atoms with Crippen LogP contribution in [0.15, 0.2) is 24.3 Å². The van der Waals surface area contributed by atoms with Crippen molar-refractivity contribution in [3.8, 4) is 0 Å². The third kappa shape index (κ3) is 4.49. The van der Waals surface area contributed by atoms with E-state index in [4.69, 9.17) is 9.47 Å². The first kappa shape index (κ1) is 14.3. The van der Waals surface area contributed by atoms with Gasteiger partial charge in [-0.1, -0.05) is 12.1 Å². The molecule has 0 aromatic heterocycles. The fourth-order valence-corrected chi connectivity index (χ4v) is 2.14. The van der Waals surface area contributed by atoms with Crippen LogP contribution in [0.2, 0.25) is 0 Å². The fraction of sp³-hybridized carbons (Fsp3) is 0.600. The van der Waals surface area contributed by atoms with E-state index < -0.39 is 5.79 Å². The molecule has 0 saturated carbocycles. The van der Waals surface area contributed by atoms with Crippen molar-refractivity contribution in [2.45, 2.75) is 32.2 Å². The molecule has 0 bridgehead atoms. The number of ether oxygens (including phenoxy) is 2. The standard InChI is InChI=1S/C15H24N2O2/c1-15(2)18-10-14(11-19-15)16-13-7-5-6-12(8-13)9-17(3)4/h5-8,14,16H,9-11H2,1-4H3. The average molecular weight is 264 g/mol. The molecule has 1 saturated heterocycles. The molecule has 106 valence electrons. The van der Waals surface area contributed by atoms with Crippen LogP contribution >= 0.6 is 0 Å². The lowest BCUT2D eigenvalue weighted by molar-refractivity contribution is -0.247. The summed E-state index contributed by atoms with van der Waals surface area (Å²) in [4.78, 5) is 2.16. The van der Waals surface area contributed by atoms with Crippen molar-refractivity contribution in [3.63, 3.8) is 0 Å². The van der Waals surface area contributed by atoms with E-state index in [1.807, 2.05) is 13.8 Å². The molecule has 0 radical (unpaired) electrons. The number of hydrogen-bond acceptors (Lipinski definition) is 4. The summed E-state index contributed by atoms with van der Waals surface area (Å²) in [7, 11) is 4.15. The predicted octanol–water partition coefficient (Wildman–Crippen LogP) is 2.31. The Morgan fingerprint density at radius 3 is 2.58 bits per heavy atom. The van der Waals surface area contributed by atoms with Crippen LogP contribution in [0, 0.1) is 0 Å². The van der Waals surface area contributed by atoms with Gasteiger partial charge in [-0.25, -0.2) is 0 Å². The van der Waals surface area contributed by atoms with Crippen molar-refractivity contribution in [3.05, 3.63) is 29.8 Å². The molecule has 4 nitrogen and oxygen atoms in total. The lowest BCUT2D eigenvalue weighted by Crippen LogP contribution is -2.45. The van der Waals surface area contributed by atoms with E-state index in [0.29, 0.717) is 13.2 Å². The topological polar surface area (TPSA) is 33.7 Å². The molecule has 0 unspecified atom stereocenters. The largest absolute Gasteiger partial charge is 0.378 e. The summed E-state index contributed by atoms with van der Waals surface area (Å²) in [5.41, 5.74) is 2.42. The first-order valence-corrected chi connectivity index (χ1v) is 6.73. The third-order valence-electron chi connectivity index (χ3n) is 3.06. The molecule has 0 atom stereocenters. The minimum absolute atomic E-state index is 0.211. The van der Waals surface area contributed by atoms with Crippen LogP contribution in [-0.4, -0.2) is 44.0 Å². The SMILES string of the molecule is CN(C)Cc1cccc(NC2COC(C)(C)OC2)c1. The molecule has 1 aromatic carbocycles. The zero-order valence-electron chi connectivity index (χ0n) is 12.3. The second-order valence-electron chi connectivity index (χ2n) is 5.80. The summed E-state index contributed by atoms with van der Waals surface area (Å²) in [5.74, 6) is -0.453. The smallest absolute Gasteiger partial charge is 0.162 e. The molecule has 19 heavy (non-hydrogen) atoms.